The molecule has 0 aliphatic heterocycles. The van der Waals surface area contributed by atoms with Gasteiger partial charge in [0.25, 0.3) is 0 Å². The summed E-state index contributed by atoms with van der Waals surface area (Å²) in [7, 11) is -3.35. The fourth-order valence-electron chi connectivity index (χ4n) is 2.60. The lowest BCUT2D eigenvalue weighted by Gasteiger charge is -2.32. The van der Waals surface area contributed by atoms with Crippen molar-refractivity contribution in [3.63, 3.8) is 0 Å². The zero-order chi connectivity index (χ0) is 16.2. The van der Waals surface area contributed by atoms with Crippen LogP contribution >= 0.6 is 0 Å². The van der Waals surface area contributed by atoms with Crippen molar-refractivity contribution in [3.05, 3.63) is 65.7 Å². The maximum Gasteiger partial charge on any atom is 0.205 e. The standard InChI is InChI=1S/C19H26OSi2/c1-21(2,3)20-22(4,5)19-13-9-12-18(16-19)15-14-17-10-7-6-8-11-17/h6-16H,1-5H3. The van der Waals surface area contributed by atoms with Crippen LogP contribution in [0.1, 0.15) is 11.1 Å². The Morgan fingerprint density at radius 2 is 1.32 bits per heavy atom. The second kappa shape index (κ2) is 6.77. The van der Waals surface area contributed by atoms with Gasteiger partial charge in [0.15, 0.2) is 8.32 Å². The van der Waals surface area contributed by atoms with Crippen LogP contribution in [0.3, 0.4) is 0 Å². The molecule has 116 valence electrons. The van der Waals surface area contributed by atoms with E-state index in [9.17, 15) is 0 Å². The van der Waals surface area contributed by atoms with Crippen LogP contribution in [-0.2, 0) is 4.12 Å². The van der Waals surface area contributed by atoms with Gasteiger partial charge in [-0.1, -0.05) is 66.7 Å². The van der Waals surface area contributed by atoms with Crippen molar-refractivity contribution in [1.82, 2.24) is 0 Å². The number of hydrogen-bond donors (Lipinski definition) is 0. The van der Waals surface area contributed by atoms with E-state index in [4.69, 9.17) is 4.12 Å². The van der Waals surface area contributed by atoms with Gasteiger partial charge in [-0.2, -0.15) is 0 Å². The molecule has 0 aromatic heterocycles. The average molecular weight is 327 g/mol. The zero-order valence-corrected chi connectivity index (χ0v) is 16.3. The predicted molar refractivity (Wildman–Crippen MR) is 103 cm³/mol. The Labute approximate surface area is 136 Å². The van der Waals surface area contributed by atoms with Gasteiger partial charge in [-0.15, -0.1) is 0 Å². The number of hydrogen-bond acceptors (Lipinski definition) is 1. The van der Waals surface area contributed by atoms with Crippen LogP contribution in [0.4, 0.5) is 0 Å². The molecule has 0 bridgehead atoms. The van der Waals surface area contributed by atoms with E-state index < -0.39 is 16.6 Å². The second-order valence-corrected chi connectivity index (χ2v) is 15.7. The molecule has 0 aliphatic carbocycles. The second-order valence-electron chi connectivity index (χ2n) is 7.09. The van der Waals surface area contributed by atoms with Crippen molar-refractivity contribution < 1.29 is 4.12 Å². The van der Waals surface area contributed by atoms with Crippen LogP contribution in [0.2, 0.25) is 32.7 Å². The summed E-state index contributed by atoms with van der Waals surface area (Å²) in [5.41, 5.74) is 2.46. The molecule has 2 aromatic rings. The summed E-state index contributed by atoms with van der Waals surface area (Å²) >= 11 is 0. The van der Waals surface area contributed by atoms with Gasteiger partial charge in [0.1, 0.15) is 0 Å². The molecule has 0 N–H and O–H groups in total. The van der Waals surface area contributed by atoms with Gasteiger partial charge < -0.3 is 4.12 Å². The van der Waals surface area contributed by atoms with Gasteiger partial charge in [0.05, 0.1) is 0 Å². The molecule has 0 unspecified atom stereocenters. The molecule has 0 aliphatic rings. The van der Waals surface area contributed by atoms with Crippen molar-refractivity contribution in [3.8, 4) is 0 Å². The van der Waals surface area contributed by atoms with E-state index in [1.54, 1.807) is 0 Å². The van der Waals surface area contributed by atoms with Gasteiger partial charge >= 0.3 is 0 Å². The molecule has 0 fully saturated rings. The van der Waals surface area contributed by atoms with Gasteiger partial charge in [0, 0.05) is 0 Å². The first-order valence-corrected chi connectivity index (χ1v) is 14.1. The fourth-order valence-corrected chi connectivity index (χ4v) is 10.2. The summed E-state index contributed by atoms with van der Waals surface area (Å²) in [6, 6.07) is 19.2. The molecule has 0 heterocycles. The highest BCUT2D eigenvalue weighted by atomic mass is 28.4. The highest BCUT2D eigenvalue weighted by Crippen LogP contribution is 2.15. The average Bonchev–Trinajstić information content (AvgIpc) is 2.44. The van der Waals surface area contributed by atoms with Crippen molar-refractivity contribution in [2.75, 3.05) is 0 Å². The van der Waals surface area contributed by atoms with Crippen LogP contribution < -0.4 is 5.19 Å². The minimum absolute atomic E-state index is 1.22. The van der Waals surface area contributed by atoms with Crippen molar-refractivity contribution in [2.45, 2.75) is 32.7 Å². The summed E-state index contributed by atoms with van der Waals surface area (Å²) in [5.74, 6) is 0. The van der Waals surface area contributed by atoms with Crippen molar-refractivity contribution in [1.29, 1.82) is 0 Å². The quantitative estimate of drug-likeness (QED) is 0.547. The van der Waals surface area contributed by atoms with E-state index in [1.807, 2.05) is 6.07 Å². The Bertz CT molecular complexity index is 640. The van der Waals surface area contributed by atoms with Crippen molar-refractivity contribution >= 4 is 34.0 Å². The lowest BCUT2D eigenvalue weighted by Crippen LogP contribution is -2.51. The lowest BCUT2D eigenvalue weighted by atomic mass is 10.1. The Hall–Kier alpha value is -1.43. The molecule has 0 saturated carbocycles. The van der Waals surface area contributed by atoms with Gasteiger partial charge in [-0.25, -0.2) is 0 Å². The summed E-state index contributed by atoms with van der Waals surface area (Å²) in [6.07, 6.45) is 4.34. The van der Waals surface area contributed by atoms with E-state index in [2.05, 4.69) is 93.4 Å². The molecular formula is C19H26OSi2. The van der Waals surface area contributed by atoms with Gasteiger partial charge in [-0.05, 0) is 49.0 Å². The lowest BCUT2D eigenvalue weighted by molar-refractivity contribution is 0.566. The van der Waals surface area contributed by atoms with Crippen molar-refractivity contribution in [2.24, 2.45) is 0 Å². The molecule has 2 aromatic carbocycles. The van der Waals surface area contributed by atoms with Crippen LogP contribution in [-0.4, -0.2) is 16.6 Å². The third kappa shape index (κ3) is 5.09. The smallest absolute Gasteiger partial charge is 0.205 e. The summed E-state index contributed by atoms with van der Waals surface area (Å²) in [4.78, 5) is 0. The van der Waals surface area contributed by atoms with Crippen LogP contribution in [0.5, 0.6) is 0 Å². The number of benzene rings is 2. The molecule has 0 radical (unpaired) electrons. The van der Waals surface area contributed by atoms with Gasteiger partial charge in [0.2, 0.25) is 8.32 Å². The minimum atomic E-state index is -1.83. The normalized spacial score (nSPS) is 12.8. The maximum absolute atomic E-state index is 6.48. The summed E-state index contributed by atoms with van der Waals surface area (Å²) in [5, 5.41) is 1.37. The zero-order valence-electron chi connectivity index (χ0n) is 14.3. The Morgan fingerprint density at radius 3 is 1.95 bits per heavy atom. The largest absolute Gasteiger partial charge is 0.452 e. The van der Waals surface area contributed by atoms with Crippen LogP contribution in [0.25, 0.3) is 12.2 Å². The molecule has 0 amide bonds. The molecular weight excluding hydrogens is 300 g/mol. The van der Waals surface area contributed by atoms with Gasteiger partial charge in [-0.3, -0.25) is 0 Å². The molecule has 0 saturated heterocycles. The van der Waals surface area contributed by atoms with E-state index >= 15 is 0 Å². The Kier molecular flexibility index (Phi) is 5.21. The topological polar surface area (TPSA) is 9.23 Å². The highest BCUT2D eigenvalue weighted by molar-refractivity contribution is 6.92. The Morgan fingerprint density at radius 1 is 0.727 bits per heavy atom. The Balaban J connectivity index is 2.21. The first-order valence-electron chi connectivity index (χ1n) is 7.80. The fraction of sp³-hybridized carbons (Fsp3) is 0.263. The first kappa shape index (κ1) is 16.9. The van der Waals surface area contributed by atoms with Crippen LogP contribution in [0.15, 0.2) is 54.6 Å². The SMILES string of the molecule is C[Si](C)(C)O[Si](C)(C)c1cccc(C=Cc2ccccc2)c1. The van der Waals surface area contributed by atoms with Crippen LogP contribution in [0, 0.1) is 0 Å². The number of rotatable bonds is 5. The highest BCUT2D eigenvalue weighted by Gasteiger charge is 2.31. The minimum Gasteiger partial charge on any atom is -0.452 e. The predicted octanol–water partition coefficient (Wildman–Crippen LogP) is 5.12. The third-order valence-corrected chi connectivity index (χ3v) is 9.60. The molecule has 3 heteroatoms. The summed E-state index contributed by atoms with van der Waals surface area (Å²) < 4.78 is 6.48. The molecule has 1 nitrogen and oxygen atoms in total. The van der Waals surface area contributed by atoms with E-state index in [0.717, 1.165) is 0 Å². The molecule has 22 heavy (non-hydrogen) atoms. The first-order chi connectivity index (χ1) is 10.3. The molecule has 2 rings (SSSR count). The molecule has 0 spiro atoms. The summed E-state index contributed by atoms with van der Waals surface area (Å²) in [6.45, 7) is 11.4. The van der Waals surface area contributed by atoms with E-state index in [0.29, 0.717) is 0 Å². The molecule has 0 atom stereocenters. The third-order valence-electron chi connectivity index (χ3n) is 3.41. The maximum atomic E-state index is 6.48. The monoisotopic (exact) mass is 326 g/mol. The van der Waals surface area contributed by atoms with E-state index in [1.165, 1.54) is 16.3 Å². The van der Waals surface area contributed by atoms with E-state index in [-0.39, 0.29) is 0 Å².